The highest BCUT2D eigenvalue weighted by molar-refractivity contribution is 9.10. The van der Waals surface area contributed by atoms with E-state index in [1.165, 1.54) is 19.3 Å². The van der Waals surface area contributed by atoms with Crippen LogP contribution < -0.4 is 5.73 Å². The van der Waals surface area contributed by atoms with Crippen molar-refractivity contribution in [1.29, 1.82) is 0 Å². The fraction of sp³-hybridized carbons (Fsp3) is 0.643. The second-order valence-electron chi connectivity index (χ2n) is 6.14. The van der Waals surface area contributed by atoms with Crippen molar-refractivity contribution in [1.82, 2.24) is 24.6 Å². The molecule has 7 heteroatoms. The molecular weight excluding hydrogens is 332 g/mol. The van der Waals surface area contributed by atoms with Crippen molar-refractivity contribution in [3.8, 4) is 0 Å². The Morgan fingerprint density at radius 2 is 2.24 bits per heavy atom. The molecule has 1 fully saturated rings. The number of hydrogen-bond acceptors (Lipinski definition) is 5. The molecule has 0 spiro atoms. The molecule has 2 N–H and O–H groups in total. The molecule has 114 valence electrons. The van der Waals surface area contributed by atoms with Crippen LogP contribution in [0.2, 0.25) is 0 Å². The maximum atomic E-state index is 5.95. The van der Waals surface area contributed by atoms with Gasteiger partial charge >= 0.3 is 0 Å². The quantitative estimate of drug-likeness (QED) is 0.918. The number of anilines is 1. The Balaban J connectivity index is 1.91. The highest BCUT2D eigenvalue weighted by Crippen LogP contribution is 2.30. The first kappa shape index (κ1) is 14.7. The van der Waals surface area contributed by atoms with Gasteiger partial charge in [0.05, 0.1) is 11.4 Å². The summed E-state index contributed by atoms with van der Waals surface area (Å²) >= 11 is 3.49. The van der Waals surface area contributed by atoms with Gasteiger partial charge in [0.2, 0.25) is 0 Å². The first-order chi connectivity index (χ1) is 10.1. The van der Waals surface area contributed by atoms with Gasteiger partial charge in [0.15, 0.2) is 5.65 Å². The fourth-order valence-corrected chi connectivity index (χ4v) is 3.67. The van der Waals surface area contributed by atoms with Gasteiger partial charge in [-0.15, -0.1) is 0 Å². The number of nitrogen functional groups attached to an aromatic ring is 1. The molecule has 3 heterocycles. The van der Waals surface area contributed by atoms with Gasteiger partial charge in [-0.05, 0) is 41.2 Å². The number of nitrogens with two attached hydrogens (primary N) is 1. The minimum absolute atomic E-state index is 0.348. The zero-order chi connectivity index (χ0) is 15.0. The van der Waals surface area contributed by atoms with Gasteiger partial charge in [-0.25, -0.2) is 14.6 Å². The van der Waals surface area contributed by atoms with E-state index in [-0.39, 0.29) is 0 Å². The summed E-state index contributed by atoms with van der Waals surface area (Å²) in [6, 6.07) is 0.348. The lowest BCUT2D eigenvalue weighted by molar-refractivity contribution is 0.156. The number of piperidine rings is 1. The lowest BCUT2D eigenvalue weighted by atomic mass is 10.0. The van der Waals surface area contributed by atoms with Crippen LogP contribution in [0.15, 0.2) is 10.9 Å². The van der Waals surface area contributed by atoms with Crippen molar-refractivity contribution in [2.45, 2.75) is 32.7 Å². The average Bonchev–Trinajstić information content (AvgIpc) is 2.77. The summed E-state index contributed by atoms with van der Waals surface area (Å²) in [6.45, 7) is 7.85. The Kier molecular flexibility index (Phi) is 4.12. The first-order valence-corrected chi connectivity index (χ1v) is 8.22. The Morgan fingerprint density at radius 3 is 3.00 bits per heavy atom. The Bertz CT molecular complexity index is 638. The smallest absolute Gasteiger partial charge is 0.164 e. The van der Waals surface area contributed by atoms with Gasteiger partial charge in [-0.2, -0.15) is 5.10 Å². The summed E-state index contributed by atoms with van der Waals surface area (Å²) in [7, 11) is 0. The molecule has 0 saturated carbocycles. The summed E-state index contributed by atoms with van der Waals surface area (Å²) < 4.78 is 2.75. The summed E-state index contributed by atoms with van der Waals surface area (Å²) in [6.07, 6.45) is 3.83. The van der Waals surface area contributed by atoms with E-state index < -0.39 is 0 Å². The molecule has 2 aromatic rings. The molecular formula is C14H21BrN6. The van der Waals surface area contributed by atoms with Crippen LogP contribution in [0.1, 0.15) is 32.7 Å². The van der Waals surface area contributed by atoms with E-state index in [4.69, 9.17) is 5.73 Å². The van der Waals surface area contributed by atoms with Gasteiger partial charge in [0, 0.05) is 13.1 Å². The van der Waals surface area contributed by atoms with E-state index in [9.17, 15) is 0 Å². The molecule has 1 aliphatic heterocycles. The minimum Gasteiger partial charge on any atom is -0.383 e. The lowest BCUT2D eigenvalue weighted by Crippen LogP contribution is -2.39. The number of rotatable bonds is 3. The molecule has 0 bridgehead atoms. The zero-order valence-electron chi connectivity index (χ0n) is 12.5. The molecule has 6 nitrogen and oxygen atoms in total. The third kappa shape index (κ3) is 2.89. The van der Waals surface area contributed by atoms with Crippen molar-refractivity contribution in [2.75, 3.05) is 25.4 Å². The number of hydrogen-bond donors (Lipinski definition) is 1. The molecule has 0 unspecified atom stereocenters. The van der Waals surface area contributed by atoms with Crippen LogP contribution in [-0.2, 0) is 0 Å². The third-order valence-corrected chi connectivity index (χ3v) is 4.48. The molecule has 1 saturated heterocycles. The Hall–Kier alpha value is -1.21. The zero-order valence-corrected chi connectivity index (χ0v) is 14.0. The normalized spacial score (nSPS) is 20.5. The molecule has 3 rings (SSSR count). The molecule has 1 atom stereocenters. The topological polar surface area (TPSA) is 72.9 Å². The molecule has 2 aromatic heterocycles. The van der Waals surface area contributed by atoms with Crippen molar-refractivity contribution in [2.24, 2.45) is 5.92 Å². The predicted octanol–water partition coefficient (Wildman–Crippen LogP) is 2.46. The van der Waals surface area contributed by atoms with E-state index in [1.807, 2.05) is 4.68 Å². The summed E-state index contributed by atoms with van der Waals surface area (Å²) in [4.78, 5) is 11.0. The van der Waals surface area contributed by atoms with Crippen LogP contribution in [0.5, 0.6) is 0 Å². The van der Waals surface area contributed by atoms with Crippen molar-refractivity contribution >= 4 is 32.8 Å². The van der Waals surface area contributed by atoms with Crippen LogP contribution in [0, 0.1) is 5.92 Å². The molecule has 0 aromatic carbocycles. The third-order valence-electron chi connectivity index (χ3n) is 3.93. The van der Waals surface area contributed by atoms with Crippen molar-refractivity contribution < 1.29 is 0 Å². The number of aromatic nitrogens is 4. The van der Waals surface area contributed by atoms with Gasteiger partial charge < -0.3 is 10.6 Å². The lowest BCUT2D eigenvalue weighted by Gasteiger charge is -2.33. The highest BCUT2D eigenvalue weighted by atomic mass is 79.9. The van der Waals surface area contributed by atoms with Crippen LogP contribution >= 0.6 is 15.9 Å². The van der Waals surface area contributed by atoms with Crippen LogP contribution in [-0.4, -0.2) is 44.3 Å². The maximum absolute atomic E-state index is 5.95. The SMILES string of the molecule is CC(C)CN1CCC[C@@H](n2nc(Br)c3c(N)ncnc32)C1. The number of likely N-dealkylation sites (tertiary alicyclic amines) is 1. The first-order valence-electron chi connectivity index (χ1n) is 7.42. The van der Waals surface area contributed by atoms with Gasteiger partial charge in [0.1, 0.15) is 16.7 Å². The molecule has 0 radical (unpaired) electrons. The van der Waals surface area contributed by atoms with Crippen LogP contribution in [0.25, 0.3) is 11.0 Å². The molecule has 21 heavy (non-hydrogen) atoms. The minimum atomic E-state index is 0.348. The number of halogens is 1. The molecule has 1 aliphatic rings. The highest BCUT2D eigenvalue weighted by Gasteiger charge is 2.25. The number of nitrogens with zero attached hydrogens (tertiary/aromatic N) is 5. The second kappa shape index (κ2) is 5.88. The van der Waals surface area contributed by atoms with E-state index in [0.29, 0.717) is 17.8 Å². The summed E-state index contributed by atoms with van der Waals surface area (Å²) in [5.41, 5.74) is 6.77. The van der Waals surface area contributed by atoms with E-state index in [0.717, 1.165) is 35.1 Å². The molecule has 0 amide bonds. The second-order valence-corrected chi connectivity index (χ2v) is 6.89. The average molecular weight is 353 g/mol. The van der Waals surface area contributed by atoms with E-state index in [2.05, 4.69) is 49.7 Å². The summed E-state index contributed by atoms with van der Waals surface area (Å²) in [5.74, 6) is 1.16. The van der Waals surface area contributed by atoms with Gasteiger partial charge in [0.25, 0.3) is 0 Å². The van der Waals surface area contributed by atoms with Crippen molar-refractivity contribution in [3.63, 3.8) is 0 Å². The fourth-order valence-electron chi connectivity index (χ4n) is 3.12. The largest absolute Gasteiger partial charge is 0.383 e. The Labute approximate surface area is 132 Å². The number of fused-ring (bicyclic) bond motifs is 1. The predicted molar refractivity (Wildman–Crippen MR) is 87.0 cm³/mol. The monoisotopic (exact) mass is 352 g/mol. The maximum Gasteiger partial charge on any atom is 0.164 e. The van der Waals surface area contributed by atoms with Gasteiger partial charge in [-0.3, -0.25) is 0 Å². The van der Waals surface area contributed by atoms with Crippen molar-refractivity contribution in [3.05, 3.63) is 10.9 Å². The standard InChI is InChI=1S/C14H21BrN6/c1-9(2)6-20-5-3-4-10(7-20)21-14-11(12(15)19-21)13(16)17-8-18-14/h8-10H,3-7H2,1-2H3,(H2,16,17,18)/t10-/m1/s1. The van der Waals surface area contributed by atoms with Gasteiger partial charge in [-0.1, -0.05) is 13.8 Å². The van der Waals surface area contributed by atoms with E-state index >= 15 is 0 Å². The molecule has 0 aliphatic carbocycles. The summed E-state index contributed by atoms with van der Waals surface area (Å²) in [5, 5.41) is 5.43. The van der Waals surface area contributed by atoms with Crippen LogP contribution in [0.3, 0.4) is 0 Å². The van der Waals surface area contributed by atoms with E-state index in [1.54, 1.807) is 0 Å². The Morgan fingerprint density at radius 1 is 1.43 bits per heavy atom. The van der Waals surface area contributed by atoms with Crippen LogP contribution in [0.4, 0.5) is 5.82 Å².